The van der Waals surface area contributed by atoms with E-state index >= 15 is 0 Å². The quantitative estimate of drug-likeness (QED) is 0.541. The molecule has 1 aliphatic heterocycles. The van der Waals surface area contributed by atoms with Crippen LogP contribution in [0.3, 0.4) is 0 Å². The Bertz CT molecular complexity index is 1240. The van der Waals surface area contributed by atoms with Gasteiger partial charge in [-0.1, -0.05) is 0 Å². The van der Waals surface area contributed by atoms with E-state index in [2.05, 4.69) is 35.9 Å². The van der Waals surface area contributed by atoms with E-state index in [0.717, 1.165) is 42.2 Å². The Balaban J connectivity index is 1.43. The largest absolute Gasteiger partial charge is 0.352 e. The molecule has 10 heteroatoms. The number of thiophene rings is 1. The molecular formula is C19H22N8OS. The van der Waals surface area contributed by atoms with Gasteiger partial charge in [-0.15, -0.1) is 11.3 Å². The van der Waals surface area contributed by atoms with Crippen LogP contribution in [0.2, 0.25) is 0 Å². The van der Waals surface area contributed by atoms with Crippen molar-refractivity contribution >= 4 is 44.4 Å². The molecule has 9 nitrogen and oxygen atoms in total. The Morgan fingerprint density at radius 1 is 1.07 bits per heavy atom. The molecule has 29 heavy (non-hydrogen) atoms. The van der Waals surface area contributed by atoms with E-state index in [0.29, 0.717) is 17.0 Å². The van der Waals surface area contributed by atoms with Crippen LogP contribution in [-0.2, 0) is 5.54 Å². The zero-order valence-corrected chi connectivity index (χ0v) is 17.4. The number of fused-ring (bicyclic) bond motifs is 2. The second-order valence-corrected chi connectivity index (χ2v) is 9.06. The first-order valence-electron chi connectivity index (χ1n) is 9.58. The van der Waals surface area contributed by atoms with Gasteiger partial charge in [0, 0.05) is 26.2 Å². The lowest BCUT2D eigenvalue weighted by Gasteiger charge is -2.35. The lowest BCUT2D eigenvalue weighted by molar-refractivity contribution is 0.366. The van der Waals surface area contributed by atoms with E-state index in [1.807, 2.05) is 30.8 Å². The van der Waals surface area contributed by atoms with Crippen LogP contribution in [0.1, 0.15) is 20.8 Å². The molecule has 1 aliphatic rings. The van der Waals surface area contributed by atoms with Gasteiger partial charge in [0.25, 0.3) is 5.56 Å². The van der Waals surface area contributed by atoms with Gasteiger partial charge in [-0.3, -0.25) is 9.78 Å². The number of hydrogen-bond acceptors (Lipinski definition) is 8. The summed E-state index contributed by atoms with van der Waals surface area (Å²) in [7, 11) is 0. The summed E-state index contributed by atoms with van der Waals surface area (Å²) in [5.41, 5.74) is 0.213. The normalized spacial score (nSPS) is 15.6. The molecule has 0 amide bonds. The van der Waals surface area contributed by atoms with Gasteiger partial charge >= 0.3 is 0 Å². The van der Waals surface area contributed by atoms with Crippen molar-refractivity contribution in [2.45, 2.75) is 26.3 Å². The molecule has 4 aromatic rings. The highest BCUT2D eigenvalue weighted by molar-refractivity contribution is 7.16. The minimum Gasteiger partial charge on any atom is -0.352 e. The Morgan fingerprint density at radius 3 is 2.59 bits per heavy atom. The molecule has 0 atom stereocenters. The fourth-order valence-corrected chi connectivity index (χ4v) is 4.43. The van der Waals surface area contributed by atoms with Crippen molar-refractivity contribution in [3.05, 3.63) is 34.3 Å². The van der Waals surface area contributed by atoms with Gasteiger partial charge in [-0.25, -0.2) is 14.6 Å². The van der Waals surface area contributed by atoms with E-state index in [-0.39, 0.29) is 11.1 Å². The molecule has 1 N–H and O–H groups in total. The highest BCUT2D eigenvalue weighted by atomic mass is 32.1. The number of rotatable bonds is 2. The first kappa shape index (κ1) is 18.0. The zero-order valence-electron chi connectivity index (χ0n) is 16.6. The lowest BCUT2D eigenvalue weighted by atomic mass is 10.1. The van der Waals surface area contributed by atoms with Crippen molar-refractivity contribution in [3.63, 3.8) is 0 Å². The molecule has 1 fully saturated rings. The number of aromatic nitrogens is 6. The fraction of sp³-hybridized carbons (Fsp3) is 0.421. The molecule has 5 rings (SSSR count). The van der Waals surface area contributed by atoms with Crippen LogP contribution in [-0.4, -0.2) is 55.9 Å². The predicted octanol–water partition coefficient (Wildman–Crippen LogP) is 2.21. The monoisotopic (exact) mass is 410 g/mol. The molecule has 0 radical (unpaired) electrons. The van der Waals surface area contributed by atoms with Gasteiger partial charge in [-0.2, -0.15) is 10.1 Å². The Hall–Kier alpha value is -3.01. The number of hydrogen-bond donors (Lipinski definition) is 1. The maximum absolute atomic E-state index is 12.6. The first-order chi connectivity index (χ1) is 13.9. The number of anilines is 2. The van der Waals surface area contributed by atoms with Crippen LogP contribution in [0.4, 0.5) is 11.8 Å². The summed E-state index contributed by atoms with van der Waals surface area (Å²) in [6, 6.07) is 2.07. The van der Waals surface area contributed by atoms with Gasteiger partial charge in [-0.05, 0) is 32.2 Å². The van der Waals surface area contributed by atoms with Crippen LogP contribution in [0, 0.1) is 0 Å². The van der Waals surface area contributed by atoms with E-state index in [9.17, 15) is 4.79 Å². The molecular weight excluding hydrogens is 388 g/mol. The Morgan fingerprint density at radius 2 is 1.83 bits per heavy atom. The third-order valence-electron chi connectivity index (χ3n) is 5.18. The standard InChI is InChI=1S/C19H22N8OS/c1-19(2,3)27-15-13(10-22-27)16(28)24-18(23-15)26-7-5-25(6-8-26)14-12-4-9-29-17(12)21-11-20-14/h4,9-11H,5-8H2,1-3H3,(H,23,24,28). The number of aromatic amines is 1. The van der Waals surface area contributed by atoms with Gasteiger partial charge in [0.2, 0.25) is 5.95 Å². The molecule has 0 bridgehead atoms. The molecule has 4 aromatic heterocycles. The van der Waals surface area contributed by atoms with Crippen LogP contribution >= 0.6 is 11.3 Å². The minimum atomic E-state index is -0.253. The van der Waals surface area contributed by atoms with Gasteiger partial charge in [0.05, 0.1) is 17.1 Å². The predicted molar refractivity (Wildman–Crippen MR) is 115 cm³/mol. The topological polar surface area (TPSA) is 95.8 Å². The van der Waals surface area contributed by atoms with Crippen LogP contribution in [0.25, 0.3) is 21.3 Å². The lowest BCUT2D eigenvalue weighted by Crippen LogP contribution is -2.47. The van der Waals surface area contributed by atoms with E-state index < -0.39 is 0 Å². The molecule has 1 saturated heterocycles. The number of nitrogens with zero attached hydrogens (tertiary/aromatic N) is 7. The summed E-state index contributed by atoms with van der Waals surface area (Å²) >= 11 is 1.62. The minimum absolute atomic E-state index is 0.154. The van der Waals surface area contributed by atoms with Crippen molar-refractivity contribution < 1.29 is 0 Å². The summed E-state index contributed by atoms with van der Waals surface area (Å²) in [5, 5.41) is 8.03. The summed E-state index contributed by atoms with van der Waals surface area (Å²) in [4.78, 5) is 34.5. The molecule has 0 spiro atoms. The first-order valence-corrected chi connectivity index (χ1v) is 10.5. The number of H-pyrrole nitrogens is 1. The average molecular weight is 411 g/mol. The Labute approximate surface area is 171 Å². The number of nitrogens with one attached hydrogen (secondary N) is 1. The molecule has 5 heterocycles. The van der Waals surface area contributed by atoms with E-state index in [1.54, 1.807) is 23.9 Å². The van der Waals surface area contributed by atoms with E-state index in [1.165, 1.54) is 0 Å². The smallest absolute Gasteiger partial charge is 0.263 e. The SMILES string of the molecule is CC(C)(C)n1ncc2c(=O)[nH]c(N3CCN(c4ncnc5sccc45)CC3)nc21. The molecule has 0 aromatic carbocycles. The van der Waals surface area contributed by atoms with E-state index in [4.69, 9.17) is 4.98 Å². The van der Waals surface area contributed by atoms with Crippen LogP contribution in [0.5, 0.6) is 0 Å². The van der Waals surface area contributed by atoms with Crippen molar-refractivity contribution in [1.82, 2.24) is 29.7 Å². The highest BCUT2D eigenvalue weighted by Crippen LogP contribution is 2.28. The van der Waals surface area contributed by atoms with Gasteiger partial charge in [0.1, 0.15) is 22.4 Å². The summed E-state index contributed by atoms with van der Waals surface area (Å²) in [6.07, 6.45) is 3.22. The van der Waals surface area contributed by atoms with Gasteiger partial charge in [0.15, 0.2) is 5.65 Å². The average Bonchev–Trinajstić information content (AvgIpc) is 3.34. The summed E-state index contributed by atoms with van der Waals surface area (Å²) in [5.74, 6) is 1.56. The number of piperazine rings is 1. The van der Waals surface area contributed by atoms with Crippen LogP contribution < -0.4 is 15.4 Å². The summed E-state index contributed by atoms with van der Waals surface area (Å²) < 4.78 is 1.81. The molecule has 0 unspecified atom stereocenters. The fourth-order valence-electron chi connectivity index (χ4n) is 3.71. The zero-order chi connectivity index (χ0) is 20.2. The summed E-state index contributed by atoms with van der Waals surface area (Å²) in [6.45, 7) is 9.22. The molecule has 0 saturated carbocycles. The van der Waals surface area contributed by atoms with Crippen molar-refractivity contribution in [1.29, 1.82) is 0 Å². The van der Waals surface area contributed by atoms with Crippen molar-refractivity contribution in [2.24, 2.45) is 0 Å². The molecule has 150 valence electrons. The third kappa shape index (κ3) is 3.03. The second-order valence-electron chi connectivity index (χ2n) is 8.16. The Kier molecular flexibility index (Phi) is 4.05. The third-order valence-corrected chi connectivity index (χ3v) is 6.00. The maximum Gasteiger partial charge on any atom is 0.263 e. The maximum atomic E-state index is 12.6. The second kappa shape index (κ2) is 6.51. The van der Waals surface area contributed by atoms with Crippen LogP contribution in [0.15, 0.2) is 28.8 Å². The van der Waals surface area contributed by atoms with Gasteiger partial charge < -0.3 is 9.80 Å². The molecule has 0 aliphatic carbocycles. The highest BCUT2D eigenvalue weighted by Gasteiger charge is 2.24. The van der Waals surface area contributed by atoms with Crippen molar-refractivity contribution in [2.75, 3.05) is 36.0 Å². The van der Waals surface area contributed by atoms with Crippen molar-refractivity contribution in [3.8, 4) is 0 Å².